The Hall–Kier alpha value is -3.15. The summed E-state index contributed by atoms with van der Waals surface area (Å²) in [5.74, 6) is -2.33. The lowest BCUT2D eigenvalue weighted by atomic mass is 9.85. The van der Waals surface area contributed by atoms with Crippen molar-refractivity contribution in [3.8, 4) is 0 Å². The van der Waals surface area contributed by atoms with Crippen molar-refractivity contribution in [3.05, 3.63) is 89.0 Å². The summed E-state index contributed by atoms with van der Waals surface area (Å²) in [6.07, 6.45) is -0.0125. The van der Waals surface area contributed by atoms with E-state index in [4.69, 9.17) is 0 Å². The molecule has 0 fully saturated rings. The fourth-order valence-electron chi connectivity index (χ4n) is 3.02. The molecule has 0 bridgehead atoms. The number of rotatable bonds is 4. The Bertz CT molecular complexity index is 941. The monoisotopic (exact) mass is 372 g/mol. The van der Waals surface area contributed by atoms with Crippen LogP contribution in [0.5, 0.6) is 0 Å². The highest BCUT2D eigenvalue weighted by atomic mass is 19.4. The molecule has 2 aromatic carbocycles. The SMILES string of the molecule is O=C(O)c1ccc(C(F)(F)F)cc1CC1C=C(c2ccccc2)C=CC1=O. The van der Waals surface area contributed by atoms with Crippen molar-refractivity contribution >= 4 is 17.3 Å². The molecule has 0 heterocycles. The molecule has 27 heavy (non-hydrogen) atoms. The smallest absolute Gasteiger partial charge is 0.416 e. The quantitative estimate of drug-likeness (QED) is 0.840. The summed E-state index contributed by atoms with van der Waals surface area (Å²) in [6, 6.07) is 11.7. The van der Waals surface area contributed by atoms with Crippen molar-refractivity contribution in [2.75, 3.05) is 0 Å². The lowest BCUT2D eigenvalue weighted by Gasteiger charge is -2.18. The Morgan fingerprint density at radius 1 is 1.04 bits per heavy atom. The number of halogens is 3. The van der Waals surface area contributed by atoms with Crippen molar-refractivity contribution < 1.29 is 27.9 Å². The standard InChI is InChI=1S/C21H15F3O3/c22-21(23,24)17-7-8-18(20(26)27)15(12-17)11-16-10-14(6-9-19(16)25)13-4-2-1-3-5-13/h1-10,12,16H,11H2,(H,26,27). The molecule has 1 N–H and O–H groups in total. The number of allylic oxidation sites excluding steroid dienone is 4. The molecule has 1 unspecified atom stereocenters. The zero-order valence-corrected chi connectivity index (χ0v) is 14.0. The van der Waals surface area contributed by atoms with E-state index in [9.17, 15) is 27.9 Å². The predicted octanol–water partition coefficient (Wildman–Crippen LogP) is 4.78. The second kappa shape index (κ2) is 7.23. The number of carbonyl (C=O) groups excluding carboxylic acids is 1. The van der Waals surface area contributed by atoms with Gasteiger partial charge in [-0.1, -0.05) is 42.5 Å². The van der Waals surface area contributed by atoms with Gasteiger partial charge in [-0.3, -0.25) is 4.79 Å². The molecule has 1 aliphatic rings. The van der Waals surface area contributed by atoms with Crippen LogP contribution in [-0.2, 0) is 17.4 Å². The highest BCUT2D eigenvalue weighted by Crippen LogP contribution is 2.32. The summed E-state index contributed by atoms with van der Waals surface area (Å²) in [6.45, 7) is 0. The minimum atomic E-state index is -4.59. The summed E-state index contributed by atoms with van der Waals surface area (Å²) in [4.78, 5) is 23.6. The van der Waals surface area contributed by atoms with Crippen molar-refractivity contribution in [1.29, 1.82) is 0 Å². The average molecular weight is 372 g/mol. The predicted molar refractivity (Wildman–Crippen MR) is 94.2 cm³/mol. The summed E-state index contributed by atoms with van der Waals surface area (Å²) in [5, 5.41) is 9.29. The molecule has 0 saturated carbocycles. The zero-order chi connectivity index (χ0) is 19.6. The molecule has 0 saturated heterocycles. The Morgan fingerprint density at radius 3 is 2.37 bits per heavy atom. The summed E-state index contributed by atoms with van der Waals surface area (Å²) in [5.41, 5.74) is 0.445. The van der Waals surface area contributed by atoms with Crippen LogP contribution in [-0.4, -0.2) is 16.9 Å². The van der Waals surface area contributed by atoms with Crippen LogP contribution in [0, 0.1) is 5.92 Å². The molecule has 0 aliphatic heterocycles. The molecule has 1 atom stereocenters. The highest BCUT2D eigenvalue weighted by Gasteiger charge is 2.32. The maximum atomic E-state index is 13.0. The van der Waals surface area contributed by atoms with E-state index in [0.29, 0.717) is 0 Å². The first-order valence-electron chi connectivity index (χ1n) is 8.18. The largest absolute Gasteiger partial charge is 0.478 e. The van der Waals surface area contributed by atoms with Gasteiger partial charge in [0.1, 0.15) is 0 Å². The van der Waals surface area contributed by atoms with Gasteiger partial charge < -0.3 is 5.11 Å². The van der Waals surface area contributed by atoms with E-state index in [0.717, 1.165) is 29.3 Å². The average Bonchev–Trinajstić information content (AvgIpc) is 2.63. The van der Waals surface area contributed by atoms with Crippen LogP contribution in [0.25, 0.3) is 5.57 Å². The molecule has 0 amide bonds. The molecule has 0 aromatic heterocycles. The maximum absolute atomic E-state index is 13.0. The molecular weight excluding hydrogens is 357 g/mol. The molecule has 3 nitrogen and oxygen atoms in total. The van der Waals surface area contributed by atoms with Gasteiger partial charge in [0.25, 0.3) is 0 Å². The van der Waals surface area contributed by atoms with Gasteiger partial charge >= 0.3 is 12.1 Å². The van der Waals surface area contributed by atoms with E-state index < -0.39 is 23.6 Å². The van der Waals surface area contributed by atoms with Crippen LogP contribution in [0.4, 0.5) is 13.2 Å². The summed E-state index contributed by atoms with van der Waals surface area (Å²) in [7, 11) is 0. The van der Waals surface area contributed by atoms with Crippen molar-refractivity contribution in [2.45, 2.75) is 12.6 Å². The second-order valence-electron chi connectivity index (χ2n) is 6.21. The number of benzene rings is 2. The minimum absolute atomic E-state index is 0.0189. The number of aromatic carboxylic acids is 1. The molecular formula is C21H15F3O3. The number of carboxylic acid groups (broad SMARTS) is 1. The number of carboxylic acids is 1. The number of alkyl halides is 3. The number of hydrogen-bond acceptors (Lipinski definition) is 2. The van der Waals surface area contributed by atoms with Crippen LogP contribution in [0.15, 0.2) is 66.8 Å². The normalized spacial score (nSPS) is 16.9. The van der Waals surface area contributed by atoms with E-state index >= 15 is 0 Å². The van der Waals surface area contributed by atoms with Crippen molar-refractivity contribution in [3.63, 3.8) is 0 Å². The third kappa shape index (κ3) is 4.16. The Kier molecular flexibility index (Phi) is 4.99. The van der Waals surface area contributed by atoms with Gasteiger partial charge in [0, 0.05) is 5.92 Å². The Labute approximate surface area is 153 Å². The molecule has 2 aromatic rings. The van der Waals surface area contributed by atoms with Gasteiger partial charge in [-0.15, -0.1) is 0 Å². The lowest BCUT2D eigenvalue weighted by molar-refractivity contribution is -0.137. The van der Waals surface area contributed by atoms with Crippen LogP contribution >= 0.6 is 0 Å². The van der Waals surface area contributed by atoms with Crippen LogP contribution in [0.1, 0.15) is 27.0 Å². The van der Waals surface area contributed by atoms with Gasteiger partial charge in [0.15, 0.2) is 5.78 Å². The summed E-state index contributed by atoms with van der Waals surface area (Å²) >= 11 is 0. The van der Waals surface area contributed by atoms with Crippen LogP contribution in [0.2, 0.25) is 0 Å². The Balaban J connectivity index is 1.98. The lowest BCUT2D eigenvalue weighted by Crippen LogP contribution is -2.18. The highest BCUT2D eigenvalue weighted by molar-refractivity contribution is 6.00. The fraction of sp³-hybridized carbons (Fsp3) is 0.143. The van der Waals surface area contributed by atoms with Crippen molar-refractivity contribution in [1.82, 2.24) is 0 Å². The van der Waals surface area contributed by atoms with Gasteiger partial charge in [0.05, 0.1) is 11.1 Å². The number of ketones is 1. The molecule has 138 valence electrons. The van der Waals surface area contributed by atoms with E-state index in [1.165, 1.54) is 6.08 Å². The fourth-order valence-corrected chi connectivity index (χ4v) is 3.02. The first-order valence-corrected chi connectivity index (χ1v) is 8.18. The van der Waals surface area contributed by atoms with E-state index in [1.54, 1.807) is 12.2 Å². The van der Waals surface area contributed by atoms with E-state index in [2.05, 4.69) is 0 Å². The molecule has 6 heteroatoms. The van der Waals surface area contributed by atoms with Gasteiger partial charge in [-0.25, -0.2) is 4.79 Å². The van der Waals surface area contributed by atoms with Gasteiger partial charge in [0.2, 0.25) is 0 Å². The molecule has 3 rings (SSSR count). The van der Waals surface area contributed by atoms with Gasteiger partial charge in [-0.2, -0.15) is 13.2 Å². The van der Waals surface area contributed by atoms with E-state index in [-0.39, 0.29) is 23.3 Å². The van der Waals surface area contributed by atoms with Crippen LogP contribution in [0.3, 0.4) is 0 Å². The molecule has 1 aliphatic carbocycles. The molecule has 0 radical (unpaired) electrons. The topological polar surface area (TPSA) is 54.4 Å². The first kappa shape index (κ1) is 18.6. The van der Waals surface area contributed by atoms with E-state index in [1.807, 2.05) is 30.3 Å². The summed E-state index contributed by atoms with van der Waals surface area (Å²) < 4.78 is 39.0. The zero-order valence-electron chi connectivity index (χ0n) is 14.0. The molecule has 0 spiro atoms. The van der Waals surface area contributed by atoms with Gasteiger partial charge in [-0.05, 0) is 47.4 Å². The number of hydrogen-bond donors (Lipinski definition) is 1. The maximum Gasteiger partial charge on any atom is 0.416 e. The third-order valence-electron chi connectivity index (χ3n) is 4.38. The third-order valence-corrected chi connectivity index (χ3v) is 4.38. The van der Waals surface area contributed by atoms with Crippen LogP contribution < -0.4 is 0 Å². The first-order chi connectivity index (χ1) is 12.8. The second-order valence-corrected chi connectivity index (χ2v) is 6.21. The Morgan fingerprint density at radius 2 is 1.74 bits per heavy atom. The minimum Gasteiger partial charge on any atom is -0.478 e. The number of carbonyl (C=O) groups is 2. The van der Waals surface area contributed by atoms with Crippen molar-refractivity contribution in [2.24, 2.45) is 5.92 Å².